The molecule has 3 rings (SSSR count). The van der Waals surface area contributed by atoms with Gasteiger partial charge in [-0.2, -0.15) is 5.26 Å². The number of anilines is 1. The highest BCUT2D eigenvalue weighted by Gasteiger charge is 2.25. The van der Waals surface area contributed by atoms with E-state index in [1.165, 1.54) is 4.57 Å². The summed E-state index contributed by atoms with van der Waals surface area (Å²) in [5, 5.41) is 12.2. The van der Waals surface area contributed by atoms with Crippen LogP contribution in [0.3, 0.4) is 0 Å². The number of hydrogen-bond donors (Lipinski definition) is 1. The first-order chi connectivity index (χ1) is 12.7. The Morgan fingerprint density at radius 3 is 2.74 bits per heavy atom. The lowest BCUT2D eigenvalue weighted by molar-refractivity contribution is -0.121. The predicted molar refractivity (Wildman–Crippen MR) is 99.2 cm³/mol. The van der Waals surface area contributed by atoms with Crippen molar-refractivity contribution in [3.05, 3.63) is 41.6 Å². The van der Waals surface area contributed by atoms with Gasteiger partial charge in [-0.25, -0.2) is 9.36 Å². The van der Waals surface area contributed by atoms with E-state index >= 15 is 0 Å². The number of fused-ring (bicyclic) bond motifs is 1. The summed E-state index contributed by atoms with van der Waals surface area (Å²) >= 11 is 0. The quantitative estimate of drug-likeness (QED) is 0.826. The summed E-state index contributed by atoms with van der Waals surface area (Å²) in [6, 6.07) is 10.7. The molecule has 1 aromatic heterocycles. The number of carbonyl (C=O) groups excluding carboxylic acids is 2. The summed E-state index contributed by atoms with van der Waals surface area (Å²) < 4.78 is 12.2. The highest BCUT2D eigenvalue weighted by Crippen LogP contribution is 2.33. The molecule has 27 heavy (non-hydrogen) atoms. The molecule has 0 radical (unpaired) electrons. The van der Waals surface area contributed by atoms with Crippen molar-refractivity contribution in [3.8, 4) is 17.3 Å². The maximum absolute atomic E-state index is 12.7. The summed E-state index contributed by atoms with van der Waals surface area (Å²) in [6.07, 6.45) is -0.911. The fraction of sp³-hybridized carbons (Fsp3) is 0.350. The van der Waals surface area contributed by atoms with E-state index in [2.05, 4.69) is 5.32 Å². The molecule has 1 N–H and O–H groups in total. The van der Waals surface area contributed by atoms with Crippen LogP contribution in [0.1, 0.15) is 45.1 Å². The second-order valence-electron chi connectivity index (χ2n) is 7.33. The first-order valence-electron chi connectivity index (χ1n) is 8.60. The molecule has 1 aliphatic heterocycles. The van der Waals surface area contributed by atoms with Crippen molar-refractivity contribution < 1.29 is 19.1 Å². The second-order valence-corrected chi connectivity index (χ2v) is 7.33. The van der Waals surface area contributed by atoms with Crippen molar-refractivity contribution in [1.29, 1.82) is 5.26 Å². The van der Waals surface area contributed by atoms with Gasteiger partial charge in [-0.1, -0.05) is 6.07 Å². The Hall–Kier alpha value is -3.11. The molecule has 0 saturated heterocycles. The minimum Gasteiger partial charge on any atom is -0.443 e. The van der Waals surface area contributed by atoms with Crippen LogP contribution in [0, 0.1) is 11.3 Å². The SMILES string of the molecule is CC1OCC(=O)Nc2ccc(-c3ccc(C#N)n3C(=O)OC(C)(C)C)cc21. The van der Waals surface area contributed by atoms with E-state index in [1.807, 2.05) is 19.1 Å². The number of rotatable bonds is 1. The average Bonchev–Trinajstić information content (AvgIpc) is 2.96. The lowest BCUT2D eigenvalue weighted by atomic mass is 10.0. The molecule has 0 fully saturated rings. The van der Waals surface area contributed by atoms with Crippen molar-refractivity contribution >= 4 is 17.7 Å². The topological polar surface area (TPSA) is 93.4 Å². The number of amides is 1. The van der Waals surface area contributed by atoms with Crippen LogP contribution in [0.15, 0.2) is 30.3 Å². The monoisotopic (exact) mass is 367 g/mol. The second kappa shape index (κ2) is 6.89. The normalized spacial score (nSPS) is 16.7. The van der Waals surface area contributed by atoms with Crippen molar-refractivity contribution in [2.75, 3.05) is 11.9 Å². The molecule has 140 valence electrons. The molecule has 0 bridgehead atoms. The van der Waals surface area contributed by atoms with E-state index in [4.69, 9.17) is 9.47 Å². The number of nitriles is 1. The molecule has 7 heteroatoms. The van der Waals surface area contributed by atoms with Gasteiger partial charge in [0, 0.05) is 11.3 Å². The van der Waals surface area contributed by atoms with E-state index in [1.54, 1.807) is 45.0 Å². The van der Waals surface area contributed by atoms with E-state index < -0.39 is 11.7 Å². The number of benzene rings is 1. The van der Waals surface area contributed by atoms with Crippen molar-refractivity contribution in [1.82, 2.24) is 4.57 Å². The van der Waals surface area contributed by atoms with Gasteiger partial charge in [0.05, 0.1) is 11.8 Å². The van der Waals surface area contributed by atoms with Gasteiger partial charge in [0.25, 0.3) is 0 Å². The standard InChI is InChI=1S/C20H21N3O4/c1-12-15-9-13(5-7-16(15)22-18(24)11-26-12)17-8-6-14(10-21)23(17)19(25)27-20(2,3)4/h5-9,12H,11H2,1-4H3,(H,22,24). The fourth-order valence-electron chi connectivity index (χ4n) is 2.90. The molecule has 0 spiro atoms. The summed E-state index contributed by atoms with van der Waals surface area (Å²) in [7, 11) is 0. The number of nitrogens with zero attached hydrogens (tertiary/aromatic N) is 2. The first kappa shape index (κ1) is 18.7. The predicted octanol–water partition coefficient (Wildman–Crippen LogP) is 3.84. The summed E-state index contributed by atoms with van der Waals surface area (Å²) in [5.41, 5.74) is 2.22. The lowest BCUT2D eigenvalue weighted by Crippen LogP contribution is -2.28. The molecule has 1 atom stereocenters. The van der Waals surface area contributed by atoms with Crippen LogP contribution in [0.5, 0.6) is 0 Å². The number of hydrogen-bond acceptors (Lipinski definition) is 5. The smallest absolute Gasteiger partial charge is 0.420 e. The minimum absolute atomic E-state index is 0.0158. The Balaban J connectivity index is 2.08. The Morgan fingerprint density at radius 1 is 1.33 bits per heavy atom. The third kappa shape index (κ3) is 3.86. The van der Waals surface area contributed by atoms with E-state index in [9.17, 15) is 14.9 Å². The largest absolute Gasteiger partial charge is 0.443 e. The van der Waals surface area contributed by atoms with E-state index in [0.29, 0.717) is 16.9 Å². The highest BCUT2D eigenvalue weighted by molar-refractivity contribution is 5.93. The zero-order chi connectivity index (χ0) is 19.8. The number of ether oxygens (including phenoxy) is 2. The van der Waals surface area contributed by atoms with E-state index in [-0.39, 0.29) is 24.3 Å². The van der Waals surface area contributed by atoms with Gasteiger partial charge < -0.3 is 14.8 Å². The Bertz CT molecular complexity index is 947. The molecular formula is C20H21N3O4. The first-order valence-corrected chi connectivity index (χ1v) is 8.60. The fourth-order valence-corrected chi connectivity index (χ4v) is 2.90. The van der Waals surface area contributed by atoms with Crippen LogP contribution in [0.2, 0.25) is 0 Å². The molecule has 1 unspecified atom stereocenters. The minimum atomic E-state index is -0.689. The van der Waals surface area contributed by atoms with Gasteiger partial charge in [-0.05, 0) is 57.5 Å². The molecule has 7 nitrogen and oxygen atoms in total. The molecule has 0 saturated carbocycles. The summed E-state index contributed by atoms with van der Waals surface area (Å²) in [4.78, 5) is 24.4. The molecule has 2 aromatic rings. The summed E-state index contributed by atoms with van der Waals surface area (Å²) in [6.45, 7) is 7.15. The zero-order valence-corrected chi connectivity index (χ0v) is 15.7. The van der Waals surface area contributed by atoms with Gasteiger partial charge in [0.15, 0.2) is 0 Å². The van der Waals surface area contributed by atoms with Gasteiger partial charge in [0.1, 0.15) is 24.0 Å². The van der Waals surface area contributed by atoms with Crippen molar-refractivity contribution in [2.45, 2.75) is 39.4 Å². The number of aromatic nitrogens is 1. The lowest BCUT2D eigenvalue weighted by Gasteiger charge is -2.21. The maximum atomic E-state index is 12.7. The van der Waals surface area contributed by atoms with Crippen molar-refractivity contribution in [3.63, 3.8) is 0 Å². The summed E-state index contributed by atoms with van der Waals surface area (Å²) in [5.74, 6) is -0.211. The van der Waals surface area contributed by atoms with Gasteiger partial charge >= 0.3 is 6.09 Å². The van der Waals surface area contributed by atoms with Crippen LogP contribution in [0.25, 0.3) is 11.3 Å². The highest BCUT2D eigenvalue weighted by atomic mass is 16.6. The third-order valence-electron chi connectivity index (χ3n) is 4.10. The van der Waals surface area contributed by atoms with Crippen LogP contribution in [-0.4, -0.2) is 28.8 Å². The zero-order valence-electron chi connectivity index (χ0n) is 15.7. The van der Waals surface area contributed by atoms with Crippen LogP contribution >= 0.6 is 0 Å². The van der Waals surface area contributed by atoms with Crippen LogP contribution in [-0.2, 0) is 14.3 Å². The number of carbonyl (C=O) groups is 2. The molecule has 0 aliphatic carbocycles. The molecular weight excluding hydrogens is 346 g/mol. The average molecular weight is 367 g/mol. The van der Waals surface area contributed by atoms with Crippen molar-refractivity contribution in [2.24, 2.45) is 0 Å². The Morgan fingerprint density at radius 2 is 2.07 bits per heavy atom. The maximum Gasteiger partial charge on any atom is 0.420 e. The van der Waals surface area contributed by atoms with E-state index in [0.717, 1.165) is 5.56 Å². The number of nitrogens with one attached hydrogen (secondary N) is 1. The Kier molecular flexibility index (Phi) is 4.77. The van der Waals surface area contributed by atoms with Gasteiger partial charge in [-0.15, -0.1) is 0 Å². The molecule has 1 aliphatic rings. The molecule has 1 aromatic carbocycles. The van der Waals surface area contributed by atoms with Gasteiger partial charge in [0.2, 0.25) is 5.91 Å². The molecule has 2 heterocycles. The molecule has 1 amide bonds. The third-order valence-corrected chi connectivity index (χ3v) is 4.10. The van der Waals surface area contributed by atoms with Crippen LogP contribution < -0.4 is 5.32 Å². The van der Waals surface area contributed by atoms with Crippen LogP contribution in [0.4, 0.5) is 10.5 Å². The van der Waals surface area contributed by atoms with Gasteiger partial charge in [-0.3, -0.25) is 4.79 Å². The Labute approximate surface area is 157 Å².